The smallest absolute Gasteiger partial charge is 0.269 e. The molecule has 0 aliphatic carbocycles. The molecule has 0 spiro atoms. The molecule has 2 N–H and O–H groups in total. The van der Waals surface area contributed by atoms with Gasteiger partial charge in [-0.15, -0.1) is 0 Å². The molecular formula is C20H18N8. The number of anilines is 2. The zero-order valence-electron chi connectivity index (χ0n) is 15.5. The Labute approximate surface area is 162 Å². The van der Waals surface area contributed by atoms with Gasteiger partial charge in [-0.25, -0.2) is 24.3 Å². The van der Waals surface area contributed by atoms with E-state index in [2.05, 4.69) is 30.4 Å². The van der Waals surface area contributed by atoms with Gasteiger partial charge in [-0.1, -0.05) is 30.3 Å². The highest BCUT2D eigenvalue weighted by molar-refractivity contribution is 5.78. The van der Waals surface area contributed by atoms with Crippen molar-refractivity contribution >= 4 is 23.0 Å². The van der Waals surface area contributed by atoms with Crippen LogP contribution < -0.4 is 10.6 Å². The summed E-state index contributed by atoms with van der Waals surface area (Å²) in [7, 11) is 1.73. The fourth-order valence-corrected chi connectivity index (χ4v) is 3.08. The van der Waals surface area contributed by atoms with Gasteiger partial charge in [-0.05, 0) is 13.0 Å². The van der Waals surface area contributed by atoms with Crippen molar-refractivity contribution in [1.82, 2.24) is 24.6 Å². The quantitative estimate of drug-likeness (QED) is 0.518. The van der Waals surface area contributed by atoms with Gasteiger partial charge < -0.3 is 10.6 Å². The van der Waals surface area contributed by atoms with E-state index in [0.717, 1.165) is 22.5 Å². The lowest BCUT2D eigenvalue weighted by Crippen LogP contribution is -2.12. The lowest BCUT2D eigenvalue weighted by atomic mass is 10.0. The van der Waals surface area contributed by atoms with Crippen molar-refractivity contribution in [3.8, 4) is 11.3 Å². The van der Waals surface area contributed by atoms with Gasteiger partial charge in [0.25, 0.3) is 5.69 Å². The average molecular weight is 370 g/mol. The van der Waals surface area contributed by atoms with Crippen LogP contribution in [-0.2, 0) is 0 Å². The summed E-state index contributed by atoms with van der Waals surface area (Å²) in [6.07, 6.45) is 4.98. The van der Waals surface area contributed by atoms with E-state index in [-0.39, 0.29) is 6.04 Å². The molecule has 0 radical (unpaired) electrons. The number of hydrogen-bond acceptors (Lipinski definition) is 6. The van der Waals surface area contributed by atoms with Gasteiger partial charge in [0.05, 0.1) is 18.3 Å². The highest BCUT2D eigenvalue weighted by Crippen LogP contribution is 2.34. The highest BCUT2D eigenvalue weighted by Gasteiger charge is 2.19. The molecule has 0 unspecified atom stereocenters. The molecule has 1 aromatic carbocycles. The Kier molecular flexibility index (Phi) is 4.56. The number of fused-ring (bicyclic) bond motifs is 1. The number of nitrogens with one attached hydrogen (secondary N) is 2. The first-order valence-corrected chi connectivity index (χ1v) is 8.77. The number of hydrogen-bond donors (Lipinski definition) is 2. The molecule has 0 amide bonds. The lowest BCUT2D eigenvalue weighted by molar-refractivity contribution is 0.841. The van der Waals surface area contributed by atoms with Crippen molar-refractivity contribution < 1.29 is 0 Å². The van der Waals surface area contributed by atoms with Crippen LogP contribution >= 0.6 is 0 Å². The maximum atomic E-state index is 7.48. The van der Waals surface area contributed by atoms with Crippen LogP contribution in [0, 0.1) is 6.57 Å². The lowest BCUT2D eigenvalue weighted by Gasteiger charge is -2.19. The first kappa shape index (κ1) is 17.4. The fourth-order valence-electron chi connectivity index (χ4n) is 3.08. The summed E-state index contributed by atoms with van der Waals surface area (Å²) in [5, 5.41) is 11.0. The van der Waals surface area contributed by atoms with Crippen LogP contribution in [0.4, 0.5) is 17.3 Å². The normalized spacial score (nSPS) is 11.8. The fraction of sp³-hybridized carbons (Fsp3) is 0.150. The molecule has 0 saturated carbocycles. The van der Waals surface area contributed by atoms with Gasteiger partial charge in [-0.2, -0.15) is 5.10 Å². The van der Waals surface area contributed by atoms with Crippen LogP contribution in [0.3, 0.4) is 0 Å². The molecule has 3 aromatic heterocycles. The van der Waals surface area contributed by atoms with E-state index >= 15 is 0 Å². The summed E-state index contributed by atoms with van der Waals surface area (Å²) in [5.74, 6) is 0.967. The van der Waals surface area contributed by atoms with E-state index in [1.165, 1.54) is 6.33 Å². The van der Waals surface area contributed by atoms with Crippen molar-refractivity contribution in [2.24, 2.45) is 0 Å². The third kappa shape index (κ3) is 3.10. The summed E-state index contributed by atoms with van der Waals surface area (Å²) in [5.41, 5.74) is 3.93. The monoisotopic (exact) mass is 370 g/mol. The Morgan fingerprint density at radius 3 is 2.64 bits per heavy atom. The van der Waals surface area contributed by atoms with E-state index in [1.54, 1.807) is 17.8 Å². The largest absolute Gasteiger partial charge is 0.382 e. The number of imidazole rings is 1. The van der Waals surface area contributed by atoms with Crippen LogP contribution in [0.5, 0.6) is 0 Å². The summed E-state index contributed by atoms with van der Waals surface area (Å²) >= 11 is 0. The van der Waals surface area contributed by atoms with Crippen molar-refractivity contribution in [3.05, 3.63) is 72.1 Å². The van der Waals surface area contributed by atoms with Crippen LogP contribution in [0.1, 0.15) is 18.5 Å². The van der Waals surface area contributed by atoms with Crippen LogP contribution in [0.25, 0.3) is 21.7 Å². The second kappa shape index (κ2) is 7.32. The predicted molar refractivity (Wildman–Crippen MR) is 108 cm³/mol. The summed E-state index contributed by atoms with van der Waals surface area (Å²) in [6.45, 7) is 9.49. The molecule has 0 aliphatic heterocycles. The highest BCUT2D eigenvalue weighted by atomic mass is 15.2. The zero-order chi connectivity index (χ0) is 19.5. The van der Waals surface area contributed by atoms with E-state index in [9.17, 15) is 0 Å². The molecular weight excluding hydrogens is 352 g/mol. The minimum absolute atomic E-state index is 0.162. The Bertz CT molecular complexity index is 1160. The Balaban J connectivity index is 1.80. The van der Waals surface area contributed by atoms with E-state index in [4.69, 9.17) is 11.7 Å². The second-order valence-electron chi connectivity index (χ2n) is 6.19. The Morgan fingerprint density at radius 2 is 1.89 bits per heavy atom. The standard InChI is InChI=1S/C20H18N8/c1-13(26-20-18(21-2)19(22-3)24-12-25-20)15-11-16-23-9-10-28(16)27-17(15)14-7-5-4-6-8-14/h4-13H,1,3H3,(H2,22,24,25,26)/t13-/m0/s1. The van der Waals surface area contributed by atoms with E-state index < -0.39 is 0 Å². The number of aromatic nitrogens is 5. The molecule has 3 heterocycles. The van der Waals surface area contributed by atoms with Crippen molar-refractivity contribution in [2.45, 2.75) is 13.0 Å². The molecule has 8 nitrogen and oxygen atoms in total. The van der Waals surface area contributed by atoms with E-state index in [1.807, 2.05) is 49.5 Å². The average Bonchev–Trinajstić information content (AvgIpc) is 3.20. The van der Waals surface area contributed by atoms with Crippen molar-refractivity contribution in [1.29, 1.82) is 0 Å². The zero-order valence-corrected chi connectivity index (χ0v) is 15.5. The van der Waals surface area contributed by atoms with Crippen LogP contribution in [-0.4, -0.2) is 31.6 Å². The molecule has 28 heavy (non-hydrogen) atoms. The summed E-state index contributed by atoms with van der Waals surface area (Å²) in [4.78, 5) is 16.3. The van der Waals surface area contributed by atoms with E-state index in [0.29, 0.717) is 17.3 Å². The minimum Gasteiger partial charge on any atom is -0.382 e. The number of nitrogens with zero attached hydrogens (tertiary/aromatic N) is 6. The maximum Gasteiger partial charge on any atom is 0.269 e. The molecule has 0 bridgehead atoms. The third-order valence-electron chi connectivity index (χ3n) is 4.45. The van der Waals surface area contributed by atoms with Gasteiger partial charge >= 0.3 is 0 Å². The molecule has 0 aliphatic rings. The molecule has 1 atom stereocenters. The van der Waals surface area contributed by atoms with Crippen molar-refractivity contribution in [3.63, 3.8) is 0 Å². The maximum absolute atomic E-state index is 7.48. The minimum atomic E-state index is -0.162. The predicted octanol–water partition coefficient (Wildman–Crippen LogP) is 3.95. The molecule has 4 rings (SSSR count). The van der Waals surface area contributed by atoms with Gasteiger partial charge in [0.2, 0.25) is 0 Å². The molecule has 8 heteroatoms. The SMILES string of the molecule is [C-]#[N+]c1c(NC)ncnc1N[C@@H](C)c1cc2nccn2nc1-c1ccccc1. The Hall–Kier alpha value is -3.99. The topological polar surface area (TPSA) is 84.4 Å². The molecule has 138 valence electrons. The Morgan fingerprint density at radius 1 is 1.11 bits per heavy atom. The molecule has 0 fully saturated rings. The number of rotatable bonds is 5. The van der Waals surface area contributed by atoms with Gasteiger partial charge in [0, 0.05) is 30.6 Å². The number of benzene rings is 1. The van der Waals surface area contributed by atoms with Gasteiger partial charge in [0.15, 0.2) is 5.65 Å². The van der Waals surface area contributed by atoms with Crippen molar-refractivity contribution in [2.75, 3.05) is 17.7 Å². The van der Waals surface area contributed by atoms with Gasteiger partial charge in [0.1, 0.15) is 18.0 Å². The van der Waals surface area contributed by atoms with Crippen LogP contribution in [0.15, 0.2) is 55.1 Å². The second-order valence-corrected chi connectivity index (χ2v) is 6.19. The summed E-state index contributed by atoms with van der Waals surface area (Å²) < 4.78 is 1.76. The molecule has 0 saturated heterocycles. The summed E-state index contributed by atoms with van der Waals surface area (Å²) in [6, 6.07) is 11.8. The van der Waals surface area contributed by atoms with Gasteiger partial charge in [-0.3, -0.25) is 0 Å². The first-order chi connectivity index (χ1) is 13.7. The first-order valence-electron chi connectivity index (χ1n) is 8.77. The van der Waals surface area contributed by atoms with Crippen LogP contribution in [0.2, 0.25) is 0 Å². The molecule has 4 aromatic rings. The third-order valence-corrected chi connectivity index (χ3v) is 4.45.